The first-order chi connectivity index (χ1) is 16.6. The van der Waals surface area contributed by atoms with Crippen molar-refractivity contribution in [2.75, 3.05) is 0 Å². The van der Waals surface area contributed by atoms with E-state index in [0.717, 1.165) is 49.2 Å². The van der Waals surface area contributed by atoms with E-state index in [0.29, 0.717) is 0 Å². The SMILES string of the molecule is CCCCCCC(C=Nc1ccc(CCC)c(CCC)c1)=Nc1ccc(CCC)c(CCC)c1.[Pd]. The summed E-state index contributed by atoms with van der Waals surface area (Å²) in [7, 11) is 0. The summed E-state index contributed by atoms with van der Waals surface area (Å²) in [4.78, 5) is 9.98. The predicted octanol–water partition coefficient (Wildman–Crippen LogP) is 9.94. The molecule has 196 valence electrons. The van der Waals surface area contributed by atoms with Gasteiger partial charge in [-0.3, -0.25) is 9.98 Å². The Morgan fingerprint density at radius 1 is 0.600 bits per heavy atom. The third kappa shape index (κ3) is 11.4. The molecule has 0 aliphatic carbocycles. The van der Waals surface area contributed by atoms with Crippen molar-refractivity contribution < 1.29 is 20.4 Å². The molecular formula is C32H48N2Pd. The molecule has 2 nitrogen and oxygen atoms in total. The summed E-state index contributed by atoms with van der Waals surface area (Å²) in [5.41, 5.74) is 9.10. The van der Waals surface area contributed by atoms with E-state index < -0.39 is 0 Å². The van der Waals surface area contributed by atoms with Crippen molar-refractivity contribution in [2.24, 2.45) is 9.98 Å². The van der Waals surface area contributed by atoms with Crippen LogP contribution in [-0.2, 0) is 46.1 Å². The number of benzene rings is 2. The first-order valence-corrected chi connectivity index (χ1v) is 14.0. The van der Waals surface area contributed by atoms with Crippen molar-refractivity contribution in [1.29, 1.82) is 0 Å². The zero-order valence-corrected chi connectivity index (χ0v) is 24.5. The number of aliphatic imine (C=N–C) groups is 2. The van der Waals surface area contributed by atoms with Crippen LogP contribution < -0.4 is 0 Å². The van der Waals surface area contributed by atoms with Crippen LogP contribution in [0, 0.1) is 0 Å². The molecule has 0 unspecified atom stereocenters. The second-order valence-electron chi connectivity index (χ2n) is 9.58. The normalized spacial score (nSPS) is 11.7. The molecular weight excluding hydrogens is 519 g/mol. The Kier molecular flexibility index (Phi) is 16.8. The van der Waals surface area contributed by atoms with Gasteiger partial charge in [0.25, 0.3) is 0 Å². The molecule has 0 aliphatic rings. The Labute approximate surface area is 229 Å². The molecule has 35 heavy (non-hydrogen) atoms. The van der Waals surface area contributed by atoms with E-state index in [-0.39, 0.29) is 20.4 Å². The Morgan fingerprint density at radius 3 is 1.66 bits per heavy atom. The number of nitrogens with zero attached hydrogens (tertiary/aromatic N) is 2. The zero-order chi connectivity index (χ0) is 24.6. The standard InChI is InChI=1S/C32H48N2.Pd/c1-6-11-12-13-18-32(34-31-22-20-27(15-8-3)29(24-31)17-10-5)25-33-30-21-19-26(14-7-2)28(23-30)16-9-4;/h19-25H,6-18H2,1-5H3;. The maximum atomic E-state index is 5.09. The summed E-state index contributed by atoms with van der Waals surface area (Å²) in [6, 6.07) is 13.6. The van der Waals surface area contributed by atoms with Gasteiger partial charge in [-0.1, -0.05) is 91.7 Å². The number of aryl methyl sites for hydroxylation is 4. The maximum Gasteiger partial charge on any atom is 0.0636 e. The summed E-state index contributed by atoms with van der Waals surface area (Å²) in [6.45, 7) is 11.3. The molecule has 0 fully saturated rings. The molecule has 0 saturated carbocycles. The monoisotopic (exact) mass is 566 g/mol. The minimum Gasteiger partial charge on any atom is -0.255 e. The van der Waals surface area contributed by atoms with Gasteiger partial charge in [0.1, 0.15) is 0 Å². The maximum absolute atomic E-state index is 5.09. The molecule has 0 N–H and O–H groups in total. The van der Waals surface area contributed by atoms with Crippen LogP contribution >= 0.6 is 0 Å². The first-order valence-electron chi connectivity index (χ1n) is 14.0. The van der Waals surface area contributed by atoms with Crippen LogP contribution in [0.3, 0.4) is 0 Å². The molecule has 0 spiro atoms. The average Bonchev–Trinajstić information content (AvgIpc) is 2.83. The van der Waals surface area contributed by atoms with Crippen LogP contribution in [-0.4, -0.2) is 11.9 Å². The van der Waals surface area contributed by atoms with Crippen LogP contribution in [0.5, 0.6) is 0 Å². The van der Waals surface area contributed by atoms with Crippen molar-refractivity contribution in [3.05, 3.63) is 58.7 Å². The minimum atomic E-state index is 0. The van der Waals surface area contributed by atoms with Gasteiger partial charge in [0, 0.05) is 26.6 Å². The molecule has 3 heteroatoms. The van der Waals surface area contributed by atoms with Gasteiger partial charge in [-0.15, -0.1) is 0 Å². The topological polar surface area (TPSA) is 24.7 Å². The Balaban J connectivity index is 0.00000612. The molecule has 0 radical (unpaired) electrons. The van der Waals surface area contributed by atoms with E-state index in [1.54, 1.807) is 0 Å². The molecule has 0 aliphatic heterocycles. The largest absolute Gasteiger partial charge is 0.255 e. The Morgan fingerprint density at radius 2 is 1.11 bits per heavy atom. The third-order valence-corrected chi connectivity index (χ3v) is 6.38. The van der Waals surface area contributed by atoms with Gasteiger partial charge in [0.2, 0.25) is 0 Å². The van der Waals surface area contributed by atoms with E-state index >= 15 is 0 Å². The number of unbranched alkanes of at least 4 members (excludes halogenated alkanes) is 3. The van der Waals surface area contributed by atoms with Crippen LogP contribution in [0.4, 0.5) is 11.4 Å². The fraction of sp³-hybridized carbons (Fsp3) is 0.562. The van der Waals surface area contributed by atoms with Gasteiger partial charge in [-0.25, -0.2) is 0 Å². The van der Waals surface area contributed by atoms with Crippen LogP contribution in [0.1, 0.15) is 115 Å². The number of rotatable bonds is 16. The van der Waals surface area contributed by atoms with Crippen molar-refractivity contribution in [2.45, 2.75) is 118 Å². The summed E-state index contributed by atoms with van der Waals surface area (Å²) in [5, 5.41) is 0. The second-order valence-corrected chi connectivity index (χ2v) is 9.58. The van der Waals surface area contributed by atoms with E-state index in [9.17, 15) is 0 Å². The summed E-state index contributed by atoms with van der Waals surface area (Å²) in [5.74, 6) is 0. The third-order valence-electron chi connectivity index (χ3n) is 6.38. The zero-order valence-electron chi connectivity index (χ0n) is 22.9. The van der Waals surface area contributed by atoms with E-state index in [2.05, 4.69) is 71.0 Å². The molecule has 2 aromatic carbocycles. The fourth-order valence-corrected chi connectivity index (χ4v) is 4.60. The first kappa shape index (κ1) is 31.5. The molecule has 0 heterocycles. The molecule has 0 amide bonds. The van der Waals surface area contributed by atoms with E-state index in [1.807, 2.05) is 6.21 Å². The van der Waals surface area contributed by atoms with E-state index in [1.165, 1.54) is 73.6 Å². The van der Waals surface area contributed by atoms with E-state index in [4.69, 9.17) is 9.98 Å². The molecule has 0 bridgehead atoms. The van der Waals surface area contributed by atoms with Crippen LogP contribution in [0.2, 0.25) is 0 Å². The van der Waals surface area contributed by atoms with Crippen LogP contribution in [0.15, 0.2) is 46.4 Å². The second kappa shape index (κ2) is 18.7. The number of hydrogen-bond donors (Lipinski definition) is 0. The summed E-state index contributed by atoms with van der Waals surface area (Å²) in [6.07, 6.45) is 17.2. The minimum absolute atomic E-state index is 0. The quantitative estimate of drug-likeness (QED) is 0.110. The smallest absolute Gasteiger partial charge is 0.0636 e. The predicted molar refractivity (Wildman–Crippen MR) is 153 cm³/mol. The summed E-state index contributed by atoms with van der Waals surface area (Å²) >= 11 is 0. The van der Waals surface area contributed by atoms with Gasteiger partial charge in [0.05, 0.1) is 17.1 Å². The number of hydrogen-bond acceptors (Lipinski definition) is 2. The van der Waals surface area contributed by atoms with Crippen molar-refractivity contribution in [3.63, 3.8) is 0 Å². The van der Waals surface area contributed by atoms with Crippen molar-refractivity contribution in [1.82, 2.24) is 0 Å². The fourth-order valence-electron chi connectivity index (χ4n) is 4.60. The molecule has 0 atom stereocenters. The van der Waals surface area contributed by atoms with Gasteiger partial charge in [-0.05, 0) is 85.0 Å². The van der Waals surface area contributed by atoms with Gasteiger partial charge >= 0.3 is 0 Å². The Hall–Kier alpha value is -1.56. The van der Waals surface area contributed by atoms with Gasteiger partial charge in [-0.2, -0.15) is 0 Å². The van der Waals surface area contributed by atoms with Gasteiger partial charge in [0.15, 0.2) is 0 Å². The van der Waals surface area contributed by atoms with Crippen LogP contribution in [0.25, 0.3) is 0 Å². The average molecular weight is 567 g/mol. The summed E-state index contributed by atoms with van der Waals surface area (Å²) < 4.78 is 0. The molecule has 0 saturated heterocycles. The van der Waals surface area contributed by atoms with Gasteiger partial charge < -0.3 is 0 Å². The molecule has 2 rings (SSSR count). The van der Waals surface area contributed by atoms with Crippen molar-refractivity contribution in [3.8, 4) is 0 Å². The molecule has 0 aromatic heterocycles. The molecule has 2 aromatic rings. The van der Waals surface area contributed by atoms with Crippen molar-refractivity contribution >= 4 is 23.3 Å². The Bertz CT molecular complexity index is 914.